The molecular formula is C12H23NO2. The molecule has 1 aliphatic heterocycles. The minimum absolute atomic E-state index is 0.222. The summed E-state index contributed by atoms with van der Waals surface area (Å²) in [4.78, 5) is 0. The Bertz CT molecular complexity index is 228. The van der Waals surface area contributed by atoms with E-state index in [0.717, 1.165) is 6.61 Å². The van der Waals surface area contributed by atoms with Gasteiger partial charge in [0.25, 0.3) is 0 Å². The van der Waals surface area contributed by atoms with Crippen molar-refractivity contribution in [1.82, 2.24) is 5.32 Å². The van der Waals surface area contributed by atoms with E-state index in [1.807, 2.05) is 6.92 Å². The SMILES string of the molecule is CC(O)CNC1C2CCCOC2C1(C)C. The van der Waals surface area contributed by atoms with Crippen LogP contribution in [0.5, 0.6) is 0 Å². The first-order valence-corrected chi connectivity index (χ1v) is 6.06. The number of rotatable bonds is 3. The lowest BCUT2D eigenvalue weighted by atomic mass is 9.55. The first kappa shape index (κ1) is 11.4. The van der Waals surface area contributed by atoms with Crippen molar-refractivity contribution in [3.63, 3.8) is 0 Å². The Balaban J connectivity index is 1.93. The molecule has 0 amide bonds. The summed E-state index contributed by atoms with van der Waals surface area (Å²) in [6.07, 6.45) is 2.62. The second-order valence-corrected chi connectivity index (χ2v) is 5.65. The molecule has 0 spiro atoms. The van der Waals surface area contributed by atoms with Crippen LogP contribution in [0.3, 0.4) is 0 Å². The molecule has 4 atom stereocenters. The summed E-state index contributed by atoms with van der Waals surface area (Å²) in [6, 6.07) is 0.511. The number of nitrogens with one attached hydrogen (secondary N) is 1. The molecule has 88 valence electrons. The van der Waals surface area contributed by atoms with Crippen LogP contribution in [0.2, 0.25) is 0 Å². The van der Waals surface area contributed by atoms with Crippen molar-refractivity contribution in [2.24, 2.45) is 11.3 Å². The highest BCUT2D eigenvalue weighted by molar-refractivity contribution is 5.10. The van der Waals surface area contributed by atoms with Crippen LogP contribution in [0.15, 0.2) is 0 Å². The van der Waals surface area contributed by atoms with E-state index in [0.29, 0.717) is 24.6 Å². The standard InChI is InChI=1S/C12H23NO2/c1-8(14)7-13-10-9-5-4-6-15-11(9)12(10,2)3/h8-11,13-14H,4-7H2,1-3H3. The Morgan fingerprint density at radius 2 is 2.27 bits per heavy atom. The molecule has 0 bridgehead atoms. The Morgan fingerprint density at radius 3 is 2.93 bits per heavy atom. The lowest BCUT2D eigenvalue weighted by molar-refractivity contribution is -0.193. The minimum Gasteiger partial charge on any atom is -0.392 e. The number of hydrogen-bond donors (Lipinski definition) is 2. The summed E-state index contributed by atoms with van der Waals surface area (Å²) in [6.45, 7) is 7.97. The second-order valence-electron chi connectivity index (χ2n) is 5.65. The van der Waals surface area contributed by atoms with Crippen molar-refractivity contribution in [1.29, 1.82) is 0 Å². The molecule has 0 radical (unpaired) electrons. The molecule has 0 aromatic carbocycles. The zero-order valence-electron chi connectivity index (χ0n) is 9.99. The van der Waals surface area contributed by atoms with Crippen LogP contribution in [-0.2, 0) is 4.74 Å². The van der Waals surface area contributed by atoms with Gasteiger partial charge in [0.1, 0.15) is 0 Å². The molecule has 3 nitrogen and oxygen atoms in total. The summed E-state index contributed by atoms with van der Waals surface area (Å²) < 4.78 is 5.83. The van der Waals surface area contributed by atoms with Gasteiger partial charge in [-0.15, -0.1) is 0 Å². The summed E-state index contributed by atoms with van der Waals surface area (Å²) >= 11 is 0. The highest BCUT2D eigenvalue weighted by Crippen LogP contribution is 2.51. The molecule has 2 rings (SSSR count). The van der Waals surface area contributed by atoms with E-state index in [4.69, 9.17) is 4.74 Å². The van der Waals surface area contributed by atoms with Gasteiger partial charge in [0.15, 0.2) is 0 Å². The lowest BCUT2D eigenvalue weighted by Crippen LogP contribution is -2.69. The predicted molar refractivity (Wildman–Crippen MR) is 59.7 cm³/mol. The summed E-state index contributed by atoms with van der Waals surface area (Å²) in [5.74, 6) is 0.660. The van der Waals surface area contributed by atoms with Gasteiger partial charge in [-0.3, -0.25) is 0 Å². The number of ether oxygens (including phenoxy) is 1. The van der Waals surface area contributed by atoms with E-state index in [9.17, 15) is 5.11 Å². The van der Waals surface area contributed by atoms with Gasteiger partial charge in [0.05, 0.1) is 12.2 Å². The Morgan fingerprint density at radius 1 is 1.53 bits per heavy atom. The van der Waals surface area contributed by atoms with Gasteiger partial charge in [-0.2, -0.15) is 0 Å². The largest absolute Gasteiger partial charge is 0.392 e. The lowest BCUT2D eigenvalue weighted by Gasteiger charge is -2.60. The molecule has 2 aliphatic rings. The highest BCUT2D eigenvalue weighted by Gasteiger charge is 2.57. The zero-order chi connectivity index (χ0) is 11.1. The number of hydrogen-bond acceptors (Lipinski definition) is 3. The van der Waals surface area contributed by atoms with Gasteiger partial charge in [-0.1, -0.05) is 13.8 Å². The van der Waals surface area contributed by atoms with Crippen molar-refractivity contribution >= 4 is 0 Å². The fraction of sp³-hybridized carbons (Fsp3) is 1.00. The monoisotopic (exact) mass is 213 g/mol. The molecule has 1 aliphatic carbocycles. The van der Waals surface area contributed by atoms with Gasteiger partial charge in [-0.25, -0.2) is 0 Å². The van der Waals surface area contributed by atoms with Crippen molar-refractivity contribution in [2.45, 2.75) is 51.9 Å². The molecule has 1 saturated carbocycles. The van der Waals surface area contributed by atoms with E-state index in [1.54, 1.807) is 0 Å². The number of aliphatic hydroxyl groups excluding tert-OH is 1. The Kier molecular flexibility index (Phi) is 3.06. The highest BCUT2D eigenvalue weighted by atomic mass is 16.5. The van der Waals surface area contributed by atoms with E-state index in [2.05, 4.69) is 19.2 Å². The summed E-state index contributed by atoms with van der Waals surface area (Å²) in [7, 11) is 0. The topological polar surface area (TPSA) is 41.5 Å². The van der Waals surface area contributed by atoms with Gasteiger partial charge >= 0.3 is 0 Å². The van der Waals surface area contributed by atoms with Crippen LogP contribution < -0.4 is 5.32 Å². The molecule has 0 aromatic rings. The first-order chi connectivity index (χ1) is 7.03. The molecule has 1 saturated heterocycles. The van der Waals surface area contributed by atoms with Gasteiger partial charge < -0.3 is 15.2 Å². The maximum absolute atomic E-state index is 9.29. The number of fused-ring (bicyclic) bond motifs is 1. The van der Waals surface area contributed by atoms with Gasteiger partial charge in [0.2, 0.25) is 0 Å². The molecule has 3 heteroatoms. The zero-order valence-corrected chi connectivity index (χ0v) is 9.99. The van der Waals surface area contributed by atoms with Crippen LogP contribution in [0.1, 0.15) is 33.6 Å². The van der Waals surface area contributed by atoms with Crippen molar-refractivity contribution < 1.29 is 9.84 Å². The number of aliphatic hydroxyl groups is 1. The average Bonchev–Trinajstić information content (AvgIpc) is 2.17. The molecular weight excluding hydrogens is 190 g/mol. The maximum atomic E-state index is 9.29. The van der Waals surface area contributed by atoms with E-state index < -0.39 is 0 Å². The van der Waals surface area contributed by atoms with Gasteiger partial charge in [-0.05, 0) is 19.8 Å². The third-order valence-corrected chi connectivity index (χ3v) is 3.96. The van der Waals surface area contributed by atoms with Crippen LogP contribution in [0.4, 0.5) is 0 Å². The molecule has 0 aromatic heterocycles. The van der Waals surface area contributed by atoms with Crippen molar-refractivity contribution in [2.75, 3.05) is 13.2 Å². The Labute approximate surface area is 92.2 Å². The van der Waals surface area contributed by atoms with Gasteiger partial charge in [0, 0.05) is 30.5 Å². The molecule has 1 heterocycles. The van der Waals surface area contributed by atoms with E-state index in [1.165, 1.54) is 12.8 Å². The van der Waals surface area contributed by atoms with Crippen LogP contribution in [0.25, 0.3) is 0 Å². The normalized spacial score (nSPS) is 40.4. The van der Waals surface area contributed by atoms with E-state index >= 15 is 0 Å². The molecule has 15 heavy (non-hydrogen) atoms. The molecule has 4 unspecified atom stereocenters. The third-order valence-electron chi connectivity index (χ3n) is 3.96. The third kappa shape index (κ3) is 1.93. The smallest absolute Gasteiger partial charge is 0.0684 e. The predicted octanol–water partition coefficient (Wildman–Crippen LogP) is 1.16. The summed E-state index contributed by atoms with van der Waals surface area (Å²) in [5.41, 5.74) is 0.222. The van der Waals surface area contributed by atoms with Crippen LogP contribution >= 0.6 is 0 Å². The second kappa shape index (κ2) is 4.04. The fourth-order valence-corrected chi connectivity index (χ4v) is 3.23. The van der Waals surface area contributed by atoms with Crippen molar-refractivity contribution in [3.05, 3.63) is 0 Å². The van der Waals surface area contributed by atoms with Crippen LogP contribution in [0, 0.1) is 11.3 Å². The van der Waals surface area contributed by atoms with E-state index in [-0.39, 0.29) is 11.5 Å². The van der Waals surface area contributed by atoms with Crippen LogP contribution in [-0.4, -0.2) is 36.5 Å². The van der Waals surface area contributed by atoms with Crippen molar-refractivity contribution in [3.8, 4) is 0 Å². The minimum atomic E-state index is -0.260. The average molecular weight is 213 g/mol. The first-order valence-electron chi connectivity index (χ1n) is 6.06. The quantitative estimate of drug-likeness (QED) is 0.739. The fourth-order valence-electron chi connectivity index (χ4n) is 3.23. The summed E-state index contributed by atoms with van der Waals surface area (Å²) in [5, 5.41) is 12.8. The maximum Gasteiger partial charge on any atom is 0.0684 e. The Hall–Kier alpha value is -0.120. The molecule has 2 N–H and O–H groups in total. The molecule has 2 fully saturated rings.